The Kier molecular flexibility index (Phi) is 3.37. The van der Waals surface area contributed by atoms with Crippen LogP contribution in [0.5, 0.6) is 0 Å². The van der Waals surface area contributed by atoms with E-state index in [4.69, 9.17) is 4.98 Å². The van der Waals surface area contributed by atoms with Crippen molar-refractivity contribution in [2.75, 3.05) is 0 Å². The highest BCUT2D eigenvalue weighted by molar-refractivity contribution is 6.88. The van der Waals surface area contributed by atoms with Crippen molar-refractivity contribution in [1.29, 1.82) is 0 Å². The van der Waals surface area contributed by atoms with Gasteiger partial charge < -0.3 is 0 Å². The molecule has 0 unspecified atom stereocenters. The van der Waals surface area contributed by atoms with Crippen molar-refractivity contribution in [3.8, 4) is 11.4 Å². The number of aryl methyl sites for hydroxylation is 1. The van der Waals surface area contributed by atoms with E-state index in [1.165, 1.54) is 10.6 Å². The summed E-state index contributed by atoms with van der Waals surface area (Å²) in [5.41, 5.74) is 4.11. The van der Waals surface area contributed by atoms with Crippen LogP contribution < -0.4 is 5.19 Å². The lowest BCUT2D eigenvalue weighted by molar-refractivity contribution is 1.23. The fourth-order valence-electron chi connectivity index (χ4n) is 2.48. The average molecular weight is 292 g/mol. The lowest BCUT2D eigenvalue weighted by Crippen LogP contribution is -2.37. The van der Waals surface area contributed by atoms with E-state index in [1.54, 1.807) is 0 Å². The minimum absolute atomic E-state index is 0.946. The maximum absolute atomic E-state index is 4.78. The van der Waals surface area contributed by atoms with Crippen LogP contribution in [0, 0.1) is 6.92 Å². The molecule has 0 saturated carbocycles. The standard InChI is InChI=1S/C18H20N2Si/c1-13-6-5-11-19-18(13)17-9-7-14-12-15(21(2,3)4)8-10-16(14)20-17/h5-12H,1-4H3. The molecule has 106 valence electrons. The van der Waals surface area contributed by atoms with Gasteiger partial charge in [0.1, 0.15) is 0 Å². The second-order valence-corrected chi connectivity index (χ2v) is 11.6. The van der Waals surface area contributed by atoms with Gasteiger partial charge in [-0.15, -0.1) is 0 Å². The minimum atomic E-state index is -1.28. The van der Waals surface area contributed by atoms with Gasteiger partial charge in [0.05, 0.1) is 25.0 Å². The molecule has 0 spiro atoms. The summed E-state index contributed by atoms with van der Waals surface area (Å²) in [4.78, 5) is 9.24. The fourth-order valence-corrected chi connectivity index (χ4v) is 3.65. The van der Waals surface area contributed by atoms with Crippen molar-refractivity contribution in [2.45, 2.75) is 26.6 Å². The van der Waals surface area contributed by atoms with Crippen molar-refractivity contribution >= 4 is 24.2 Å². The molecular formula is C18H20N2Si. The molecule has 2 aromatic heterocycles. The van der Waals surface area contributed by atoms with E-state index in [0.717, 1.165) is 22.5 Å². The second-order valence-electron chi connectivity index (χ2n) is 6.52. The highest BCUT2D eigenvalue weighted by Crippen LogP contribution is 2.21. The fraction of sp³-hybridized carbons (Fsp3) is 0.222. The number of rotatable bonds is 2. The second kappa shape index (κ2) is 5.08. The first-order valence-corrected chi connectivity index (χ1v) is 10.8. The predicted molar refractivity (Wildman–Crippen MR) is 92.7 cm³/mol. The highest BCUT2D eigenvalue weighted by Gasteiger charge is 2.16. The van der Waals surface area contributed by atoms with Gasteiger partial charge >= 0.3 is 0 Å². The summed E-state index contributed by atoms with van der Waals surface area (Å²) in [7, 11) is -1.28. The van der Waals surface area contributed by atoms with E-state index < -0.39 is 8.07 Å². The number of benzene rings is 1. The number of nitrogens with zero attached hydrogens (tertiary/aromatic N) is 2. The van der Waals surface area contributed by atoms with Crippen molar-refractivity contribution in [3.63, 3.8) is 0 Å². The Labute approximate surface area is 126 Å². The van der Waals surface area contributed by atoms with Gasteiger partial charge in [0.25, 0.3) is 0 Å². The van der Waals surface area contributed by atoms with Crippen molar-refractivity contribution < 1.29 is 0 Å². The number of hydrogen-bond donors (Lipinski definition) is 0. The Hall–Kier alpha value is -2.00. The van der Waals surface area contributed by atoms with E-state index in [9.17, 15) is 0 Å². The molecule has 0 bridgehead atoms. The number of fused-ring (bicyclic) bond motifs is 1. The molecule has 0 fully saturated rings. The summed E-state index contributed by atoms with van der Waals surface area (Å²) in [6.45, 7) is 9.18. The number of aromatic nitrogens is 2. The summed E-state index contributed by atoms with van der Waals surface area (Å²) < 4.78 is 0. The number of pyridine rings is 2. The van der Waals surface area contributed by atoms with E-state index in [-0.39, 0.29) is 0 Å². The largest absolute Gasteiger partial charge is 0.254 e. The van der Waals surface area contributed by atoms with Crippen LogP contribution in [0.2, 0.25) is 19.6 Å². The van der Waals surface area contributed by atoms with E-state index >= 15 is 0 Å². The van der Waals surface area contributed by atoms with Crippen LogP contribution in [0.15, 0.2) is 48.7 Å². The molecule has 0 amide bonds. The van der Waals surface area contributed by atoms with Gasteiger partial charge in [0.15, 0.2) is 0 Å². The van der Waals surface area contributed by atoms with Gasteiger partial charge in [-0.25, -0.2) is 4.98 Å². The summed E-state index contributed by atoms with van der Waals surface area (Å²) in [5.74, 6) is 0. The lowest BCUT2D eigenvalue weighted by atomic mass is 10.1. The highest BCUT2D eigenvalue weighted by atomic mass is 28.3. The quantitative estimate of drug-likeness (QED) is 0.663. The van der Waals surface area contributed by atoms with Crippen LogP contribution in [-0.4, -0.2) is 18.0 Å². The lowest BCUT2D eigenvalue weighted by Gasteiger charge is -2.17. The predicted octanol–water partition coefficient (Wildman–Crippen LogP) is 4.15. The smallest absolute Gasteiger partial charge is 0.0915 e. The Morgan fingerprint density at radius 1 is 0.952 bits per heavy atom. The van der Waals surface area contributed by atoms with Crippen molar-refractivity contribution in [2.24, 2.45) is 0 Å². The molecule has 1 aromatic carbocycles. The van der Waals surface area contributed by atoms with Gasteiger partial charge in [-0.3, -0.25) is 4.98 Å². The molecule has 0 aliphatic carbocycles. The van der Waals surface area contributed by atoms with E-state index in [2.05, 4.69) is 67.9 Å². The molecule has 0 atom stereocenters. The molecular weight excluding hydrogens is 272 g/mol. The Morgan fingerprint density at radius 3 is 2.48 bits per heavy atom. The first-order chi connectivity index (χ1) is 9.95. The minimum Gasteiger partial charge on any atom is -0.254 e. The molecule has 0 N–H and O–H groups in total. The van der Waals surface area contributed by atoms with Gasteiger partial charge in [-0.2, -0.15) is 0 Å². The summed E-state index contributed by atoms with van der Waals surface area (Å²) in [5, 5.41) is 2.69. The SMILES string of the molecule is Cc1cccnc1-c1ccc2cc([Si](C)(C)C)ccc2n1. The molecule has 0 radical (unpaired) electrons. The van der Waals surface area contributed by atoms with Crippen LogP contribution in [-0.2, 0) is 0 Å². The Balaban J connectivity index is 2.12. The zero-order valence-corrected chi connectivity index (χ0v) is 14.0. The molecule has 0 saturated heterocycles. The Bertz CT molecular complexity index is 804. The molecule has 3 aromatic rings. The molecule has 0 aliphatic heterocycles. The van der Waals surface area contributed by atoms with Crippen LogP contribution >= 0.6 is 0 Å². The summed E-state index contributed by atoms with van der Waals surface area (Å²) in [6, 6.07) is 14.9. The molecule has 21 heavy (non-hydrogen) atoms. The topological polar surface area (TPSA) is 25.8 Å². The van der Waals surface area contributed by atoms with Crippen molar-refractivity contribution in [1.82, 2.24) is 9.97 Å². The van der Waals surface area contributed by atoms with Crippen LogP contribution in [0.3, 0.4) is 0 Å². The Morgan fingerprint density at radius 2 is 1.76 bits per heavy atom. The molecule has 3 heteroatoms. The maximum atomic E-state index is 4.78. The van der Waals surface area contributed by atoms with Gasteiger partial charge in [-0.05, 0) is 30.7 Å². The summed E-state index contributed by atoms with van der Waals surface area (Å²) in [6.07, 6.45) is 1.82. The van der Waals surface area contributed by atoms with E-state index in [0.29, 0.717) is 0 Å². The normalized spacial score (nSPS) is 11.8. The van der Waals surface area contributed by atoms with Crippen LogP contribution in [0.1, 0.15) is 5.56 Å². The monoisotopic (exact) mass is 292 g/mol. The first kappa shape index (κ1) is 14.0. The van der Waals surface area contributed by atoms with Gasteiger partial charge in [0, 0.05) is 11.6 Å². The van der Waals surface area contributed by atoms with Crippen LogP contribution in [0.25, 0.3) is 22.3 Å². The third kappa shape index (κ3) is 2.74. The van der Waals surface area contributed by atoms with Gasteiger partial charge in [0.2, 0.25) is 0 Å². The summed E-state index contributed by atoms with van der Waals surface area (Å²) >= 11 is 0. The molecule has 0 aliphatic rings. The molecule has 2 heterocycles. The molecule has 2 nitrogen and oxygen atoms in total. The van der Waals surface area contributed by atoms with E-state index in [1.807, 2.05) is 12.3 Å². The zero-order chi connectivity index (χ0) is 15.0. The third-order valence-electron chi connectivity index (χ3n) is 3.81. The first-order valence-electron chi connectivity index (χ1n) is 7.28. The third-order valence-corrected chi connectivity index (χ3v) is 5.85. The van der Waals surface area contributed by atoms with Gasteiger partial charge in [-0.1, -0.05) is 49.1 Å². The van der Waals surface area contributed by atoms with Crippen LogP contribution in [0.4, 0.5) is 0 Å². The molecule has 3 rings (SSSR count). The number of hydrogen-bond acceptors (Lipinski definition) is 2. The zero-order valence-electron chi connectivity index (χ0n) is 13.0. The maximum Gasteiger partial charge on any atom is 0.0915 e. The average Bonchev–Trinajstić information content (AvgIpc) is 2.46. The van der Waals surface area contributed by atoms with Crippen molar-refractivity contribution in [3.05, 3.63) is 54.2 Å².